The quantitative estimate of drug-likeness (QED) is 0.781. The van der Waals surface area contributed by atoms with Crippen molar-refractivity contribution >= 4 is 17.7 Å². The van der Waals surface area contributed by atoms with Crippen molar-refractivity contribution in [2.45, 2.75) is 24.8 Å². The number of hydrogen-bond acceptors (Lipinski definition) is 4. The lowest BCUT2D eigenvalue weighted by atomic mass is 10.2. The van der Waals surface area contributed by atoms with E-state index in [4.69, 9.17) is 4.18 Å². The third kappa shape index (κ3) is 4.21. The Hall–Kier alpha value is -1.65. The summed E-state index contributed by atoms with van der Waals surface area (Å²) in [6.45, 7) is 7.64. The van der Waals surface area contributed by atoms with Crippen LogP contribution >= 0.6 is 12.0 Å². The zero-order chi connectivity index (χ0) is 16.2. The van der Waals surface area contributed by atoms with Gasteiger partial charge < -0.3 is 14.0 Å². The minimum atomic E-state index is 0.594. The second kappa shape index (κ2) is 7.28. The van der Waals surface area contributed by atoms with E-state index in [1.165, 1.54) is 23.3 Å². The highest BCUT2D eigenvalue weighted by molar-refractivity contribution is 7.95. The highest BCUT2D eigenvalue weighted by Gasteiger charge is 2.20. The van der Waals surface area contributed by atoms with E-state index < -0.39 is 0 Å². The van der Waals surface area contributed by atoms with Crippen LogP contribution in [-0.2, 0) is 0 Å². The molecule has 0 aromatic heterocycles. The number of benzene rings is 2. The standard InChI is InChI=1S/C19H24N2OS/c1-15-4-10-19(11-5-15)23-22-18-8-6-17(7-9-18)21-13-12-20(3)16(2)14-21/h4-11,16H,12-14H2,1-3H3. The molecule has 0 saturated carbocycles. The largest absolute Gasteiger partial charge is 0.421 e. The molecule has 2 aromatic carbocycles. The summed E-state index contributed by atoms with van der Waals surface area (Å²) >= 11 is 1.40. The van der Waals surface area contributed by atoms with Crippen LogP contribution in [-0.4, -0.2) is 37.6 Å². The van der Waals surface area contributed by atoms with E-state index in [-0.39, 0.29) is 0 Å². The summed E-state index contributed by atoms with van der Waals surface area (Å²) < 4.78 is 5.80. The van der Waals surface area contributed by atoms with Gasteiger partial charge >= 0.3 is 0 Å². The van der Waals surface area contributed by atoms with Crippen LogP contribution in [0.3, 0.4) is 0 Å². The van der Waals surface area contributed by atoms with Gasteiger partial charge in [-0.25, -0.2) is 0 Å². The van der Waals surface area contributed by atoms with Crippen LogP contribution in [0, 0.1) is 6.92 Å². The van der Waals surface area contributed by atoms with E-state index in [1.807, 2.05) is 0 Å². The van der Waals surface area contributed by atoms with Gasteiger partial charge in [0.25, 0.3) is 0 Å². The lowest BCUT2D eigenvalue weighted by molar-refractivity contribution is 0.234. The molecule has 1 atom stereocenters. The Morgan fingerprint density at radius 3 is 2.35 bits per heavy atom. The monoisotopic (exact) mass is 328 g/mol. The summed E-state index contributed by atoms with van der Waals surface area (Å²) in [7, 11) is 2.20. The minimum absolute atomic E-state index is 0.594. The zero-order valence-corrected chi connectivity index (χ0v) is 14.8. The smallest absolute Gasteiger partial charge is 0.138 e. The van der Waals surface area contributed by atoms with Crippen LogP contribution in [0.15, 0.2) is 53.4 Å². The number of hydrogen-bond donors (Lipinski definition) is 0. The molecule has 122 valence electrons. The lowest BCUT2D eigenvalue weighted by Gasteiger charge is -2.39. The zero-order valence-electron chi connectivity index (χ0n) is 14.0. The third-order valence-electron chi connectivity index (χ3n) is 4.42. The molecule has 1 aliphatic rings. The molecule has 4 heteroatoms. The number of aryl methyl sites for hydroxylation is 1. The van der Waals surface area contributed by atoms with E-state index >= 15 is 0 Å². The van der Waals surface area contributed by atoms with E-state index in [9.17, 15) is 0 Å². The van der Waals surface area contributed by atoms with Crippen molar-refractivity contribution < 1.29 is 4.18 Å². The van der Waals surface area contributed by atoms with Gasteiger partial charge in [0.05, 0.1) is 12.0 Å². The van der Waals surface area contributed by atoms with Gasteiger partial charge in [-0.05, 0) is 57.3 Å². The molecule has 3 nitrogen and oxygen atoms in total. The van der Waals surface area contributed by atoms with Gasteiger partial charge in [-0.2, -0.15) is 0 Å². The topological polar surface area (TPSA) is 15.7 Å². The maximum absolute atomic E-state index is 5.80. The van der Waals surface area contributed by atoms with Gasteiger partial charge in [-0.3, -0.25) is 0 Å². The molecule has 3 rings (SSSR count). The van der Waals surface area contributed by atoms with Gasteiger partial charge in [0, 0.05) is 36.3 Å². The molecule has 1 heterocycles. The third-order valence-corrected chi connectivity index (χ3v) is 5.16. The van der Waals surface area contributed by atoms with Crippen LogP contribution in [0.25, 0.3) is 0 Å². The van der Waals surface area contributed by atoms with Crippen molar-refractivity contribution in [3.05, 3.63) is 54.1 Å². The Kier molecular flexibility index (Phi) is 5.13. The Morgan fingerprint density at radius 2 is 1.70 bits per heavy atom. The number of likely N-dealkylation sites (N-methyl/N-ethyl adjacent to an activating group) is 1. The molecule has 2 aromatic rings. The van der Waals surface area contributed by atoms with Crippen LogP contribution in [0.5, 0.6) is 5.75 Å². The number of rotatable bonds is 4. The molecule has 1 fully saturated rings. The molecule has 1 aliphatic heterocycles. The van der Waals surface area contributed by atoms with Crippen LogP contribution < -0.4 is 9.08 Å². The summed E-state index contributed by atoms with van der Waals surface area (Å²) in [5.41, 5.74) is 2.54. The predicted molar refractivity (Wildman–Crippen MR) is 98.4 cm³/mol. The molecule has 0 amide bonds. The van der Waals surface area contributed by atoms with E-state index in [1.54, 1.807) is 0 Å². The van der Waals surface area contributed by atoms with Crippen LogP contribution in [0.2, 0.25) is 0 Å². The van der Waals surface area contributed by atoms with Crippen LogP contribution in [0.4, 0.5) is 5.69 Å². The molecule has 0 N–H and O–H groups in total. The predicted octanol–water partition coefficient (Wildman–Crippen LogP) is 4.22. The Bertz CT molecular complexity index is 627. The van der Waals surface area contributed by atoms with Crippen molar-refractivity contribution in [3.63, 3.8) is 0 Å². The average Bonchev–Trinajstić information content (AvgIpc) is 2.57. The summed E-state index contributed by atoms with van der Waals surface area (Å²) in [6.07, 6.45) is 0. The Labute approximate surface area is 143 Å². The maximum Gasteiger partial charge on any atom is 0.138 e. The van der Waals surface area contributed by atoms with E-state index in [2.05, 4.69) is 79.2 Å². The minimum Gasteiger partial charge on any atom is -0.421 e. The first-order valence-corrected chi connectivity index (χ1v) is 8.82. The lowest BCUT2D eigenvalue weighted by Crippen LogP contribution is -2.50. The molecule has 1 saturated heterocycles. The average molecular weight is 328 g/mol. The van der Waals surface area contributed by atoms with Gasteiger partial charge in [0.15, 0.2) is 0 Å². The Morgan fingerprint density at radius 1 is 1.00 bits per heavy atom. The molecule has 23 heavy (non-hydrogen) atoms. The highest BCUT2D eigenvalue weighted by atomic mass is 32.2. The first-order chi connectivity index (χ1) is 11.1. The fourth-order valence-electron chi connectivity index (χ4n) is 2.69. The van der Waals surface area contributed by atoms with E-state index in [0.717, 1.165) is 30.3 Å². The van der Waals surface area contributed by atoms with Gasteiger partial charge in [0.1, 0.15) is 5.75 Å². The number of nitrogens with zero attached hydrogens (tertiary/aromatic N) is 2. The highest BCUT2D eigenvalue weighted by Crippen LogP contribution is 2.27. The van der Waals surface area contributed by atoms with Gasteiger partial charge in [-0.15, -0.1) is 0 Å². The molecular formula is C19H24N2OS. The van der Waals surface area contributed by atoms with Gasteiger partial charge in [0.2, 0.25) is 0 Å². The maximum atomic E-state index is 5.80. The molecular weight excluding hydrogens is 304 g/mol. The number of anilines is 1. The fraction of sp³-hybridized carbons (Fsp3) is 0.368. The van der Waals surface area contributed by atoms with Crippen molar-refractivity contribution in [1.82, 2.24) is 4.90 Å². The molecule has 0 radical (unpaired) electrons. The fourth-order valence-corrected chi connectivity index (χ4v) is 3.24. The van der Waals surface area contributed by atoms with Crippen molar-refractivity contribution in [1.29, 1.82) is 0 Å². The molecule has 1 unspecified atom stereocenters. The van der Waals surface area contributed by atoms with Crippen molar-refractivity contribution in [2.24, 2.45) is 0 Å². The van der Waals surface area contributed by atoms with E-state index in [0.29, 0.717) is 6.04 Å². The summed E-state index contributed by atoms with van der Waals surface area (Å²) in [5, 5.41) is 0. The summed E-state index contributed by atoms with van der Waals surface area (Å²) in [5.74, 6) is 0.890. The first-order valence-electron chi connectivity index (χ1n) is 8.08. The van der Waals surface area contributed by atoms with Gasteiger partial charge in [-0.1, -0.05) is 17.7 Å². The number of piperazine rings is 1. The van der Waals surface area contributed by atoms with Crippen molar-refractivity contribution in [3.8, 4) is 5.75 Å². The van der Waals surface area contributed by atoms with Crippen molar-refractivity contribution in [2.75, 3.05) is 31.6 Å². The SMILES string of the molecule is Cc1ccc(SOc2ccc(N3CCN(C)C(C)C3)cc2)cc1. The summed E-state index contributed by atoms with van der Waals surface area (Å²) in [6, 6.07) is 17.4. The molecule has 0 bridgehead atoms. The molecule has 0 spiro atoms. The second-order valence-corrected chi connectivity index (χ2v) is 7.05. The molecule has 0 aliphatic carbocycles. The van der Waals surface area contributed by atoms with Crippen LogP contribution in [0.1, 0.15) is 12.5 Å². The Balaban J connectivity index is 1.57. The summed E-state index contributed by atoms with van der Waals surface area (Å²) in [4.78, 5) is 5.97. The first kappa shape index (κ1) is 16.2. The second-order valence-electron chi connectivity index (χ2n) is 6.25. The normalized spacial score (nSPS) is 18.9.